The molecule has 204 valence electrons. The van der Waals surface area contributed by atoms with Crippen molar-refractivity contribution in [1.82, 2.24) is 19.7 Å². The van der Waals surface area contributed by atoms with Crippen LogP contribution in [0.15, 0.2) is 71.7 Å². The number of phenols is 1. The minimum absolute atomic E-state index is 0.00641. The monoisotopic (exact) mass is 541 g/mol. The average molecular weight is 542 g/mol. The van der Waals surface area contributed by atoms with E-state index in [1.165, 1.54) is 22.8 Å². The van der Waals surface area contributed by atoms with E-state index in [2.05, 4.69) is 10.2 Å². The number of fused-ring (bicyclic) bond motifs is 1. The van der Waals surface area contributed by atoms with Crippen molar-refractivity contribution in [2.45, 2.75) is 39.5 Å². The first-order valence-corrected chi connectivity index (χ1v) is 13.1. The lowest BCUT2D eigenvalue weighted by Crippen LogP contribution is -2.29. The zero-order chi connectivity index (χ0) is 28.6. The number of rotatable bonds is 7. The van der Waals surface area contributed by atoms with Crippen LogP contribution < -0.4 is 11.3 Å². The summed E-state index contributed by atoms with van der Waals surface area (Å²) in [7, 11) is 0. The van der Waals surface area contributed by atoms with Gasteiger partial charge >= 0.3 is 0 Å². The fraction of sp³-hybridized carbons (Fsp3) is 0.226. The summed E-state index contributed by atoms with van der Waals surface area (Å²) in [6, 6.07) is 15.4. The summed E-state index contributed by atoms with van der Waals surface area (Å²) in [4.78, 5) is 19.2. The van der Waals surface area contributed by atoms with E-state index in [4.69, 9.17) is 10.7 Å². The van der Waals surface area contributed by atoms with Crippen molar-refractivity contribution in [3.05, 3.63) is 106 Å². The maximum atomic E-state index is 14.2. The summed E-state index contributed by atoms with van der Waals surface area (Å²) in [6.07, 6.45) is 2.54. The van der Waals surface area contributed by atoms with E-state index in [0.29, 0.717) is 39.2 Å². The number of phenolic OH excluding ortho intramolecular Hbond substituents is 1. The maximum Gasteiger partial charge on any atom is 0.266 e. The highest BCUT2D eigenvalue weighted by atomic mass is 19.1. The highest BCUT2D eigenvalue weighted by Crippen LogP contribution is 2.35. The molecule has 2 aromatic heterocycles. The van der Waals surface area contributed by atoms with Crippen LogP contribution in [0.2, 0.25) is 0 Å². The molecule has 40 heavy (non-hydrogen) atoms. The SMILES string of the molecule is CCC(C)C(Cc1cc(F)cc(F)c1)c1nc2cc(-c3cccnn3)ccc2c(=O)n1-c1ccc(O)c(C)c1N. The Bertz CT molecular complexity index is 1750. The van der Waals surface area contributed by atoms with Gasteiger partial charge in [-0.25, -0.2) is 13.8 Å². The Balaban J connectivity index is 1.81. The predicted molar refractivity (Wildman–Crippen MR) is 151 cm³/mol. The highest BCUT2D eigenvalue weighted by molar-refractivity contribution is 5.83. The van der Waals surface area contributed by atoms with E-state index in [1.54, 1.807) is 43.5 Å². The summed E-state index contributed by atoms with van der Waals surface area (Å²) in [5.74, 6) is -1.36. The largest absolute Gasteiger partial charge is 0.508 e. The van der Waals surface area contributed by atoms with Gasteiger partial charge < -0.3 is 10.8 Å². The lowest BCUT2D eigenvalue weighted by molar-refractivity contribution is 0.417. The molecular weight excluding hydrogens is 512 g/mol. The second-order valence-electron chi connectivity index (χ2n) is 10.1. The summed E-state index contributed by atoms with van der Waals surface area (Å²) in [6.45, 7) is 5.70. The van der Waals surface area contributed by atoms with Gasteiger partial charge in [-0.2, -0.15) is 10.2 Å². The second-order valence-corrected chi connectivity index (χ2v) is 10.1. The van der Waals surface area contributed by atoms with Crippen LogP contribution in [0.3, 0.4) is 0 Å². The van der Waals surface area contributed by atoms with Gasteiger partial charge in [0, 0.05) is 29.3 Å². The standard InChI is InChI=1S/C31H29F2N5O2/c1-4-17(2)24(14-19-12-21(32)16-22(33)13-19)30-36-26-15-20(25-6-5-11-35-37-25)7-8-23(26)31(40)38(30)27-9-10-28(39)18(3)29(27)34/h5-13,15-17,24,39H,4,14,34H2,1-3H3. The van der Waals surface area contributed by atoms with Crippen LogP contribution in [-0.4, -0.2) is 24.9 Å². The first-order chi connectivity index (χ1) is 19.2. The summed E-state index contributed by atoms with van der Waals surface area (Å²) in [5, 5.41) is 18.7. The fourth-order valence-corrected chi connectivity index (χ4v) is 5.01. The Morgan fingerprint density at radius 2 is 1.80 bits per heavy atom. The van der Waals surface area contributed by atoms with Gasteiger partial charge in [-0.3, -0.25) is 9.36 Å². The van der Waals surface area contributed by atoms with E-state index in [0.717, 1.165) is 18.1 Å². The molecule has 5 rings (SSSR count). The third kappa shape index (κ3) is 5.02. The Hall–Kier alpha value is -4.66. The number of anilines is 1. The molecule has 2 unspecified atom stereocenters. The predicted octanol–water partition coefficient (Wildman–Crippen LogP) is 6.09. The zero-order valence-electron chi connectivity index (χ0n) is 22.4. The van der Waals surface area contributed by atoms with E-state index in [-0.39, 0.29) is 29.3 Å². The number of aromatic hydroxyl groups is 1. The molecule has 0 aliphatic rings. The normalized spacial score (nSPS) is 12.9. The quantitative estimate of drug-likeness (QED) is 0.242. The molecule has 3 aromatic carbocycles. The van der Waals surface area contributed by atoms with Crippen LogP contribution >= 0.6 is 0 Å². The summed E-state index contributed by atoms with van der Waals surface area (Å²) < 4.78 is 29.8. The zero-order valence-corrected chi connectivity index (χ0v) is 22.4. The van der Waals surface area contributed by atoms with Crippen LogP contribution in [0.25, 0.3) is 27.8 Å². The number of aromatic nitrogens is 4. The molecule has 5 aromatic rings. The van der Waals surface area contributed by atoms with E-state index in [1.807, 2.05) is 19.9 Å². The van der Waals surface area contributed by atoms with Crippen molar-refractivity contribution in [1.29, 1.82) is 0 Å². The molecule has 0 saturated carbocycles. The molecule has 7 nitrogen and oxygen atoms in total. The second kappa shape index (κ2) is 10.8. The molecule has 0 spiro atoms. The van der Waals surface area contributed by atoms with Gasteiger partial charge in [-0.05, 0) is 73.4 Å². The maximum absolute atomic E-state index is 14.2. The Morgan fingerprint density at radius 1 is 1.05 bits per heavy atom. The van der Waals surface area contributed by atoms with Gasteiger partial charge in [0.2, 0.25) is 0 Å². The lowest BCUT2D eigenvalue weighted by atomic mass is 9.85. The average Bonchev–Trinajstić information content (AvgIpc) is 2.94. The molecule has 0 saturated heterocycles. The third-order valence-corrected chi connectivity index (χ3v) is 7.51. The first-order valence-electron chi connectivity index (χ1n) is 13.1. The molecule has 3 N–H and O–H groups in total. The number of hydrogen-bond donors (Lipinski definition) is 2. The third-order valence-electron chi connectivity index (χ3n) is 7.51. The Labute approximate surface area is 230 Å². The number of hydrogen-bond acceptors (Lipinski definition) is 6. The van der Waals surface area contributed by atoms with Gasteiger partial charge in [-0.1, -0.05) is 26.3 Å². The molecule has 0 amide bonds. The van der Waals surface area contributed by atoms with Crippen molar-refractivity contribution in [3.8, 4) is 22.7 Å². The molecule has 2 heterocycles. The molecular formula is C31H29F2N5O2. The van der Waals surface area contributed by atoms with Crippen molar-refractivity contribution in [3.63, 3.8) is 0 Å². The Morgan fingerprint density at radius 3 is 2.48 bits per heavy atom. The lowest BCUT2D eigenvalue weighted by Gasteiger charge is -2.27. The van der Waals surface area contributed by atoms with Crippen molar-refractivity contribution in [2.24, 2.45) is 5.92 Å². The minimum atomic E-state index is -0.672. The van der Waals surface area contributed by atoms with Crippen LogP contribution in [0, 0.1) is 24.5 Å². The number of nitrogens with two attached hydrogens (primary N) is 1. The summed E-state index contributed by atoms with van der Waals surface area (Å²) in [5.41, 5.74) is 9.40. The molecule has 0 bridgehead atoms. The van der Waals surface area contributed by atoms with Gasteiger partial charge in [0.05, 0.1) is 28.0 Å². The van der Waals surface area contributed by atoms with Gasteiger partial charge in [-0.15, -0.1) is 0 Å². The van der Waals surface area contributed by atoms with E-state index in [9.17, 15) is 18.7 Å². The fourth-order valence-electron chi connectivity index (χ4n) is 5.01. The van der Waals surface area contributed by atoms with Gasteiger partial charge in [0.1, 0.15) is 23.2 Å². The molecule has 0 radical (unpaired) electrons. The smallest absolute Gasteiger partial charge is 0.266 e. The van der Waals surface area contributed by atoms with Crippen LogP contribution in [0.1, 0.15) is 43.1 Å². The number of halogens is 2. The topological polar surface area (TPSA) is 107 Å². The molecule has 0 aliphatic heterocycles. The molecule has 0 fully saturated rings. The van der Waals surface area contributed by atoms with Crippen molar-refractivity contribution >= 4 is 16.6 Å². The number of benzene rings is 3. The van der Waals surface area contributed by atoms with E-state index >= 15 is 0 Å². The van der Waals surface area contributed by atoms with Crippen molar-refractivity contribution in [2.75, 3.05) is 5.73 Å². The van der Waals surface area contributed by atoms with Gasteiger partial charge in [0.15, 0.2) is 0 Å². The minimum Gasteiger partial charge on any atom is -0.508 e. The highest BCUT2D eigenvalue weighted by Gasteiger charge is 2.27. The van der Waals surface area contributed by atoms with Gasteiger partial charge in [0.25, 0.3) is 5.56 Å². The number of nitrogens with zero attached hydrogens (tertiary/aromatic N) is 4. The number of nitrogen functional groups attached to an aromatic ring is 1. The first kappa shape index (κ1) is 26.9. The van der Waals surface area contributed by atoms with Crippen LogP contribution in [0.4, 0.5) is 14.5 Å². The molecule has 0 aliphatic carbocycles. The molecule has 2 atom stereocenters. The summed E-state index contributed by atoms with van der Waals surface area (Å²) >= 11 is 0. The van der Waals surface area contributed by atoms with Crippen LogP contribution in [0.5, 0.6) is 5.75 Å². The van der Waals surface area contributed by atoms with Crippen LogP contribution in [-0.2, 0) is 6.42 Å². The Kier molecular flexibility index (Phi) is 7.30. The van der Waals surface area contributed by atoms with E-state index < -0.39 is 17.6 Å². The molecule has 9 heteroatoms. The van der Waals surface area contributed by atoms with Crippen molar-refractivity contribution < 1.29 is 13.9 Å².